The van der Waals surface area contributed by atoms with Gasteiger partial charge in [-0.25, -0.2) is 4.98 Å². The smallest absolute Gasteiger partial charge is 0.237 e. The number of aromatic amines is 1. The van der Waals surface area contributed by atoms with Crippen LogP contribution in [0.5, 0.6) is 0 Å². The summed E-state index contributed by atoms with van der Waals surface area (Å²) < 4.78 is 0. The van der Waals surface area contributed by atoms with Crippen LogP contribution in [0, 0.1) is 0 Å². The Bertz CT molecular complexity index is 247. The number of nitrogens with one attached hydrogen (secondary N) is 1. The average molecular weight is 188 g/mol. The minimum Gasteiger partial charge on any atom is -0.347 e. The second-order valence-corrected chi connectivity index (χ2v) is 2.69. The molecule has 1 N–H and O–H groups in total. The maximum atomic E-state index is 11.0. The summed E-state index contributed by atoms with van der Waals surface area (Å²) >= 11 is 5.37. The second-order valence-electron chi connectivity index (χ2n) is 2.42. The Hall–Kier alpha value is -1.03. The van der Waals surface area contributed by atoms with Gasteiger partial charge in [-0.1, -0.05) is 0 Å². The van der Waals surface area contributed by atoms with Crippen molar-refractivity contribution in [2.45, 2.75) is 6.54 Å². The van der Waals surface area contributed by atoms with Crippen LogP contribution in [0.3, 0.4) is 0 Å². The normalized spacial score (nSPS) is 9.83. The van der Waals surface area contributed by atoms with E-state index in [9.17, 15) is 4.79 Å². The fraction of sp³-hybridized carbons (Fsp3) is 0.429. The predicted octanol–water partition coefficient (Wildman–Crippen LogP) is 0.607. The van der Waals surface area contributed by atoms with Crippen molar-refractivity contribution in [3.05, 3.63) is 18.2 Å². The molecule has 0 aliphatic heterocycles. The first-order valence-corrected chi connectivity index (χ1v) is 4.05. The van der Waals surface area contributed by atoms with Gasteiger partial charge in [0.15, 0.2) is 0 Å². The Balaban J connectivity index is 2.47. The molecule has 0 fully saturated rings. The fourth-order valence-electron chi connectivity index (χ4n) is 0.799. The van der Waals surface area contributed by atoms with Crippen molar-refractivity contribution in [3.8, 4) is 0 Å². The van der Waals surface area contributed by atoms with Gasteiger partial charge in [0.05, 0.1) is 6.54 Å². The van der Waals surface area contributed by atoms with E-state index in [1.165, 1.54) is 4.90 Å². The number of halogens is 1. The molecule has 0 aliphatic carbocycles. The van der Waals surface area contributed by atoms with Crippen LogP contribution in [0.2, 0.25) is 0 Å². The van der Waals surface area contributed by atoms with Gasteiger partial charge in [-0.2, -0.15) is 0 Å². The monoisotopic (exact) mass is 187 g/mol. The van der Waals surface area contributed by atoms with Crippen LogP contribution < -0.4 is 0 Å². The van der Waals surface area contributed by atoms with Crippen molar-refractivity contribution in [2.75, 3.05) is 12.9 Å². The zero-order chi connectivity index (χ0) is 8.97. The van der Waals surface area contributed by atoms with Gasteiger partial charge in [-0.05, 0) is 0 Å². The number of nitrogens with zero attached hydrogens (tertiary/aromatic N) is 2. The van der Waals surface area contributed by atoms with Gasteiger partial charge < -0.3 is 9.88 Å². The summed E-state index contributed by atoms with van der Waals surface area (Å²) in [5.41, 5.74) is 0. The Morgan fingerprint density at radius 1 is 1.83 bits per heavy atom. The maximum absolute atomic E-state index is 11.0. The van der Waals surface area contributed by atoms with Crippen molar-refractivity contribution < 1.29 is 4.79 Å². The summed E-state index contributed by atoms with van der Waals surface area (Å²) in [5, 5.41) is 0. The van der Waals surface area contributed by atoms with Crippen molar-refractivity contribution in [3.63, 3.8) is 0 Å². The number of carbonyl (C=O) groups excluding carboxylic acids is 1. The van der Waals surface area contributed by atoms with Crippen LogP contribution in [0.1, 0.15) is 5.82 Å². The Labute approximate surface area is 75.5 Å². The number of hydrogen-bond acceptors (Lipinski definition) is 2. The number of H-pyrrole nitrogens is 1. The third-order valence-corrected chi connectivity index (χ3v) is 1.71. The van der Waals surface area contributed by atoms with Crippen LogP contribution >= 0.6 is 11.6 Å². The van der Waals surface area contributed by atoms with E-state index in [0.29, 0.717) is 6.54 Å². The molecule has 0 unspecified atom stereocenters. The topological polar surface area (TPSA) is 49.0 Å². The lowest BCUT2D eigenvalue weighted by atomic mass is 10.5. The zero-order valence-corrected chi connectivity index (χ0v) is 7.51. The molecule has 1 aromatic heterocycles. The first-order chi connectivity index (χ1) is 5.74. The number of amides is 1. The molecule has 1 rings (SSSR count). The van der Waals surface area contributed by atoms with E-state index in [0.717, 1.165) is 5.82 Å². The standard InChI is InChI=1S/C7H10ClN3O/c1-11(7(12)4-8)5-6-9-2-3-10-6/h2-3H,4-5H2,1H3,(H,9,10). The molecule has 4 nitrogen and oxygen atoms in total. The van der Waals surface area contributed by atoms with E-state index in [1.54, 1.807) is 19.4 Å². The van der Waals surface area contributed by atoms with Gasteiger partial charge in [0.2, 0.25) is 5.91 Å². The molecule has 0 saturated heterocycles. The molecule has 0 atom stereocenters. The predicted molar refractivity (Wildman–Crippen MR) is 45.8 cm³/mol. The van der Waals surface area contributed by atoms with Crippen LogP contribution in [0.25, 0.3) is 0 Å². The molecular weight excluding hydrogens is 178 g/mol. The van der Waals surface area contributed by atoms with E-state index in [4.69, 9.17) is 11.6 Å². The highest BCUT2D eigenvalue weighted by atomic mass is 35.5. The molecule has 0 saturated carbocycles. The SMILES string of the molecule is CN(Cc1ncc[nH]1)C(=O)CCl. The van der Waals surface area contributed by atoms with E-state index in [2.05, 4.69) is 9.97 Å². The Morgan fingerprint density at radius 3 is 3.08 bits per heavy atom. The van der Waals surface area contributed by atoms with E-state index >= 15 is 0 Å². The Kier molecular flexibility index (Phi) is 3.10. The van der Waals surface area contributed by atoms with Crippen LogP contribution in [0.4, 0.5) is 0 Å². The van der Waals surface area contributed by atoms with Crippen LogP contribution in [0.15, 0.2) is 12.4 Å². The molecular formula is C7H10ClN3O. The van der Waals surface area contributed by atoms with Gasteiger partial charge in [-0.3, -0.25) is 4.79 Å². The lowest BCUT2D eigenvalue weighted by Crippen LogP contribution is -2.27. The first-order valence-electron chi connectivity index (χ1n) is 3.52. The zero-order valence-electron chi connectivity index (χ0n) is 6.75. The van der Waals surface area contributed by atoms with Crippen molar-refractivity contribution in [2.24, 2.45) is 0 Å². The minimum absolute atomic E-state index is 0.0111. The lowest BCUT2D eigenvalue weighted by Gasteiger charge is -2.13. The molecule has 1 amide bonds. The van der Waals surface area contributed by atoms with E-state index in [-0.39, 0.29) is 11.8 Å². The number of aromatic nitrogens is 2. The van der Waals surface area contributed by atoms with Gasteiger partial charge in [0, 0.05) is 19.4 Å². The molecule has 0 spiro atoms. The lowest BCUT2D eigenvalue weighted by molar-refractivity contribution is -0.127. The molecule has 0 bridgehead atoms. The molecule has 1 heterocycles. The average Bonchev–Trinajstić information content (AvgIpc) is 2.55. The van der Waals surface area contributed by atoms with Crippen molar-refractivity contribution >= 4 is 17.5 Å². The third-order valence-electron chi connectivity index (χ3n) is 1.48. The highest BCUT2D eigenvalue weighted by molar-refractivity contribution is 6.27. The van der Waals surface area contributed by atoms with Gasteiger partial charge in [0.1, 0.15) is 11.7 Å². The van der Waals surface area contributed by atoms with Crippen LogP contribution in [-0.4, -0.2) is 33.7 Å². The summed E-state index contributed by atoms with van der Waals surface area (Å²) in [4.78, 5) is 19.4. The van der Waals surface area contributed by atoms with Crippen molar-refractivity contribution in [1.29, 1.82) is 0 Å². The molecule has 0 aliphatic rings. The number of alkyl halides is 1. The second kappa shape index (κ2) is 4.11. The molecule has 66 valence electrons. The number of imidazole rings is 1. The first kappa shape index (κ1) is 9.06. The fourth-order valence-corrected chi connectivity index (χ4v) is 1.00. The summed E-state index contributed by atoms with van der Waals surface area (Å²) in [6.07, 6.45) is 3.36. The molecule has 5 heteroatoms. The highest BCUT2D eigenvalue weighted by Gasteiger charge is 2.07. The highest BCUT2D eigenvalue weighted by Crippen LogP contribution is 1.96. The molecule has 0 radical (unpaired) electrons. The molecule has 0 aromatic carbocycles. The molecule has 12 heavy (non-hydrogen) atoms. The largest absolute Gasteiger partial charge is 0.347 e. The summed E-state index contributed by atoms with van der Waals surface area (Å²) in [7, 11) is 1.69. The van der Waals surface area contributed by atoms with Gasteiger partial charge >= 0.3 is 0 Å². The summed E-state index contributed by atoms with van der Waals surface area (Å²) in [5.74, 6) is 0.668. The van der Waals surface area contributed by atoms with Gasteiger partial charge in [0.25, 0.3) is 0 Å². The third kappa shape index (κ3) is 2.23. The number of rotatable bonds is 3. The van der Waals surface area contributed by atoms with E-state index < -0.39 is 0 Å². The summed E-state index contributed by atoms with van der Waals surface area (Å²) in [6, 6.07) is 0. The molecule has 1 aromatic rings. The van der Waals surface area contributed by atoms with E-state index in [1.807, 2.05) is 0 Å². The van der Waals surface area contributed by atoms with Crippen molar-refractivity contribution in [1.82, 2.24) is 14.9 Å². The summed E-state index contributed by atoms with van der Waals surface area (Å²) in [6.45, 7) is 0.471. The Morgan fingerprint density at radius 2 is 2.58 bits per heavy atom. The quantitative estimate of drug-likeness (QED) is 0.705. The van der Waals surface area contributed by atoms with Crippen LogP contribution in [-0.2, 0) is 11.3 Å². The maximum Gasteiger partial charge on any atom is 0.237 e. The minimum atomic E-state index is -0.104. The number of carbonyl (C=O) groups is 1. The number of hydrogen-bond donors (Lipinski definition) is 1. The van der Waals surface area contributed by atoms with Gasteiger partial charge in [-0.15, -0.1) is 11.6 Å².